The van der Waals surface area contributed by atoms with E-state index in [4.69, 9.17) is 0 Å². The third-order valence-corrected chi connectivity index (χ3v) is 5.38. The minimum atomic E-state index is 0.473. The van der Waals surface area contributed by atoms with Crippen molar-refractivity contribution < 1.29 is 0 Å². The highest BCUT2D eigenvalue weighted by molar-refractivity contribution is 14.1. The van der Waals surface area contributed by atoms with Crippen LogP contribution >= 0.6 is 45.7 Å². The van der Waals surface area contributed by atoms with Gasteiger partial charge in [0.05, 0.1) is 0 Å². The second kappa shape index (κ2) is 4.68. The lowest BCUT2D eigenvalue weighted by Crippen LogP contribution is -2.61. The summed E-state index contributed by atoms with van der Waals surface area (Å²) in [6.45, 7) is 6.18. The second-order valence-electron chi connectivity index (χ2n) is 4.40. The molecule has 0 aromatic rings. The molecule has 0 unspecified atom stereocenters. The Balaban J connectivity index is 2.05. The Morgan fingerprint density at radius 1 is 0.929 bits per heavy atom. The van der Waals surface area contributed by atoms with Gasteiger partial charge in [0.25, 0.3) is 0 Å². The number of likely N-dealkylation sites (N-methyl/N-ethyl adjacent to an activating group) is 1. The van der Waals surface area contributed by atoms with Gasteiger partial charge < -0.3 is 0 Å². The zero-order chi connectivity index (χ0) is 10.2. The summed E-state index contributed by atoms with van der Waals surface area (Å²) in [7, 11) is 2.30. The maximum Gasteiger partial charge on any atom is 0.0367 e. The molecule has 3 nitrogen and oxygen atoms in total. The fourth-order valence-electron chi connectivity index (χ4n) is 2.45. The molecule has 0 atom stereocenters. The van der Waals surface area contributed by atoms with Crippen LogP contribution < -0.4 is 0 Å². The lowest BCUT2D eigenvalue weighted by atomic mass is 9.85. The van der Waals surface area contributed by atoms with Gasteiger partial charge in [0.1, 0.15) is 0 Å². The Morgan fingerprint density at radius 3 is 2.21 bits per heavy atom. The monoisotopic (exact) mass is 421 g/mol. The summed E-state index contributed by atoms with van der Waals surface area (Å²) in [6.07, 6.45) is 2.65. The zero-order valence-corrected chi connectivity index (χ0v) is 12.9. The van der Waals surface area contributed by atoms with Gasteiger partial charge in [0.15, 0.2) is 0 Å². The van der Waals surface area contributed by atoms with Crippen molar-refractivity contribution >= 4 is 45.7 Å². The van der Waals surface area contributed by atoms with Gasteiger partial charge >= 0.3 is 0 Å². The van der Waals surface area contributed by atoms with Crippen molar-refractivity contribution in [1.82, 2.24) is 11.1 Å². The molecule has 1 spiro atoms. The Kier molecular flexibility index (Phi) is 3.95. The highest BCUT2D eigenvalue weighted by Gasteiger charge is 2.41. The summed E-state index contributed by atoms with van der Waals surface area (Å²) in [5.74, 6) is 0. The maximum absolute atomic E-state index is 2.59. The first-order valence-electron chi connectivity index (χ1n) is 5.15. The molecule has 2 aliphatic rings. The third kappa shape index (κ3) is 2.36. The number of nitrogens with zero attached hydrogens (tertiary/aromatic N) is 3. The third-order valence-electron chi connectivity index (χ3n) is 3.59. The van der Waals surface area contributed by atoms with Crippen LogP contribution in [0.1, 0.15) is 12.8 Å². The van der Waals surface area contributed by atoms with Crippen molar-refractivity contribution in [3.8, 4) is 0 Å². The molecule has 2 fully saturated rings. The first-order valence-corrected chi connectivity index (χ1v) is 7.08. The van der Waals surface area contributed by atoms with Crippen molar-refractivity contribution in [2.75, 3.05) is 39.8 Å². The van der Waals surface area contributed by atoms with Crippen LogP contribution in [0.4, 0.5) is 0 Å². The number of piperazine rings is 1. The molecule has 0 aromatic heterocycles. The fourth-order valence-corrected chi connectivity index (χ4v) is 3.78. The summed E-state index contributed by atoms with van der Waals surface area (Å²) >= 11 is 4.92. The van der Waals surface area contributed by atoms with E-state index in [9.17, 15) is 0 Å². The van der Waals surface area contributed by atoms with E-state index in [1.807, 2.05) is 0 Å². The van der Waals surface area contributed by atoms with Gasteiger partial charge in [-0.1, -0.05) is 0 Å². The molecule has 0 aliphatic carbocycles. The minimum Gasteiger partial charge on any atom is -0.298 e. The standard InChI is InChI=1S/C9H17I2N3/c1-12-6-7-14(11)8-9(12)2-4-13(10)5-3-9/h2-8H2,1H3. The predicted octanol–water partition coefficient (Wildman–Crippen LogP) is 1.77. The molecular formula is C9H17I2N3. The highest BCUT2D eigenvalue weighted by atomic mass is 127. The Labute approximate surface area is 114 Å². The number of hydrogen-bond donors (Lipinski definition) is 0. The molecule has 0 saturated carbocycles. The van der Waals surface area contributed by atoms with Gasteiger partial charge in [0.2, 0.25) is 0 Å². The quantitative estimate of drug-likeness (QED) is 0.437. The van der Waals surface area contributed by atoms with Crippen LogP contribution in [0.25, 0.3) is 0 Å². The summed E-state index contributed by atoms with van der Waals surface area (Å²) in [6, 6.07) is 0. The average molecular weight is 421 g/mol. The highest BCUT2D eigenvalue weighted by Crippen LogP contribution is 2.33. The molecule has 5 heteroatoms. The summed E-state index contributed by atoms with van der Waals surface area (Å²) < 4.78 is 4.88. The Hall–Kier alpha value is 1.34. The van der Waals surface area contributed by atoms with Crippen molar-refractivity contribution in [1.29, 1.82) is 0 Å². The zero-order valence-electron chi connectivity index (χ0n) is 8.55. The Bertz CT molecular complexity index is 204. The number of rotatable bonds is 0. The molecular weight excluding hydrogens is 404 g/mol. The maximum atomic E-state index is 2.59. The summed E-state index contributed by atoms with van der Waals surface area (Å²) in [5.41, 5.74) is 0.473. The average Bonchev–Trinajstić information content (AvgIpc) is 2.17. The van der Waals surface area contributed by atoms with E-state index in [-0.39, 0.29) is 0 Å². The SMILES string of the molecule is CN1CCN(I)CC12CCN(I)CC2. The van der Waals surface area contributed by atoms with Gasteiger partial charge in [-0.25, -0.2) is 6.23 Å². The molecule has 14 heavy (non-hydrogen) atoms. The number of halogens is 2. The molecule has 0 N–H and O–H groups in total. The van der Waals surface area contributed by atoms with Crippen molar-refractivity contribution in [3.05, 3.63) is 0 Å². The van der Waals surface area contributed by atoms with E-state index in [0.717, 1.165) is 0 Å². The van der Waals surface area contributed by atoms with Crippen LogP contribution in [-0.4, -0.2) is 56.4 Å². The van der Waals surface area contributed by atoms with Crippen molar-refractivity contribution in [2.24, 2.45) is 0 Å². The first kappa shape index (κ1) is 11.8. The van der Waals surface area contributed by atoms with E-state index in [2.05, 4.69) is 63.9 Å². The molecule has 2 aliphatic heterocycles. The molecule has 0 radical (unpaired) electrons. The lowest BCUT2D eigenvalue weighted by Gasteiger charge is -2.51. The van der Waals surface area contributed by atoms with E-state index in [0.29, 0.717) is 5.54 Å². The van der Waals surface area contributed by atoms with Crippen LogP contribution in [0.5, 0.6) is 0 Å². The topological polar surface area (TPSA) is 9.72 Å². The molecule has 0 bridgehead atoms. The molecule has 0 aromatic carbocycles. The van der Waals surface area contributed by atoms with E-state index in [1.54, 1.807) is 0 Å². The first-order chi connectivity index (χ1) is 6.62. The predicted molar refractivity (Wildman–Crippen MR) is 75.8 cm³/mol. The van der Waals surface area contributed by atoms with Gasteiger partial charge in [-0.05, 0) is 19.9 Å². The van der Waals surface area contributed by atoms with Gasteiger partial charge in [-0.3, -0.25) is 4.90 Å². The fraction of sp³-hybridized carbons (Fsp3) is 1.00. The van der Waals surface area contributed by atoms with Crippen LogP contribution in [0, 0.1) is 0 Å². The van der Waals surface area contributed by atoms with E-state index < -0.39 is 0 Å². The Morgan fingerprint density at radius 2 is 1.57 bits per heavy atom. The number of hydrogen-bond acceptors (Lipinski definition) is 3. The van der Waals surface area contributed by atoms with Crippen molar-refractivity contribution in [2.45, 2.75) is 18.4 Å². The van der Waals surface area contributed by atoms with Gasteiger partial charge in [-0.2, -0.15) is 0 Å². The molecule has 82 valence electrons. The molecule has 0 amide bonds. The van der Waals surface area contributed by atoms with Crippen LogP contribution in [0.15, 0.2) is 0 Å². The van der Waals surface area contributed by atoms with Gasteiger partial charge in [0, 0.05) is 84.0 Å². The van der Waals surface area contributed by atoms with Crippen LogP contribution in [-0.2, 0) is 0 Å². The minimum absolute atomic E-state index is 0.473. The summed E-state index contributed by atoms with van der Waals surface area (Å²) in [5, 5.41) is 0. The van der Waals surface area contributed by atoms with E-state index in [1.165, 1.54) is 45.6 Å². The largest absolute Gasteiger partial charge is 0.298 e. The van der Waals surface area contributed by atoms with E-state index >= 15 is 0 Å². The van der Waals surface area contributed by atoms with Gasteiger partial charge in [-0.15, -0.1) is 0 Å². The molecule has 2 heterocycles. The smallest absolute Gasteiger partial charge is 0.0367 e. The lowest BCUT2D eigenvalue weighted by molar-refractivity contribution is 0.0241. The molecule has 2 saturated heterocycles. The number of piperidine rings is 1. The van der Waals surface area contributed by atoms with Crippen molar-refractivity contribution in [3.63, 3.8) is 0 Å². The normalized spacial score (nSPS) is 31.1. The molecule has 2 rings (SSSR count). The summed E-state index contributed by atoms with van der Waals surface area (Å²) in [4.78, 5) is 2.59. The van der Waals surface area contributed by atoms with Crippen LogP contribution in [0.3, 0.4) is 0 Å². The van der Waals surface area contributed by atoms with Crippen LogP contribution in [0.2, 0.25) is 0 Å². The second-order valence-corrected chi connectivity index (χ2v) is 7.13.